The fraction of sp³-hybridized carbons (Fsp3) is 0.375. The lowest BCUT2D eigenvalue weighted by Gasteiger charge is -2.16. The molecule has 2 aromatic rings. The van der Waals surface area contributed by atoms with Crippen LogP contribution in [0.3, 0.4) is 0 Å². The van der Waals surface area contributed by atoms with Gasteiger partial charge in [-0.2, -0.15) is 0 Å². The van der Waals surface area contributed by atoms with Crippen LogP contribution in [0.15, 0.2) is 40.1 Å². The van der Waals surface area contributed by atoms with Crippen molar-refractivity contribution in [3.05, 3.63) is 36.3 Å². The summed E-state index contributed by atoms with van der Waals surface area (Å²) in [5.74, 6) is 0.848. The molecule has 0 aliphatic carbocycles. The van der Waals surface area contributed by atoms with Crippen molar-refractivity contribution in [2.75, 3.05) is 5.75 Å². The van der Waals surface area contributed by atoms with Crippen molar-refractivity contribution in [1.82, 2.24) is 10.3 Å². The van der Waals surface area contributed by atoms with E-state index in [2.05, 4.69) is 24.1 Å². The number of carbonyl (C=O) groups excluding carboxylic acids is 1. The highest BCUT2D eigenvalue weighted by Gasteiger charge is 2.13. The molecule has 0 saturated carbocycles. The zero-order chi connectivity index (χ0) is 16.1. The molecule has 1 N–H and O–H groups in total. The van der Waals surface area contributed by atoms with E-state index in [1.165, 1.54) is 23.9 Å². The standard InChI is InChI=1S/C16H19FN2O2S/c1-10(2)11(3)19-15(20)9-22-16-18-8-14(21-16)12-4-6-13(17)7-5-12/h4-8,10-11H,9H2,1-3H3,(H,19,20)/t11-/m1/s1. The molecule has 1 aromatic heterocycles. The lowest BCUT2D eigenvalue weighted by atomic mass is 10.1. The summed E-state index contributed by atoms with van der Waals surface area (Å²) in [5, 5.41) is 3.35. The van der Waals surface area contributed by atoms with E-state index in [1.54, 1.807) is 18.3 Å². The van der Waals surface area contributed by atoms with Gasteiger partial charge >= 0.3 is 0 Å². The lowest BCUT2D eigenvalue weighted by Crippen LogP contribution is -2.37. The van der Waals surface area contributed by atoms with E-state index in [-0.39, 0.29) is 23.5 Å². The molecule has 1 amide bonds. The zero-order valence-corrected chi connectivity index (χ0v) is 13.6. The van der Waals surface area contributed by atoms with Crippen LogP contribution >= 0.6 is 11.8 Å². The average molecular weight is 322 g/mol. The number of hydrogen-bond donors (Lipinski definition) is 1. The second-order valence-electron chi connectivity index (χ2n) is 5.39. The molecular formula is C16H19FN2O2S. The summed E-state index contributed by atoms with van der Waals surface area (Å²) in [5.41, 5.74) is 0.749. The SMILES string of the molecule is CC(C)[C@@H](C)NC(=O)CSc1ncc(-c2ccc(F)cc2)o1. The molecule has 4 nitrogen and oxygen atoms in total. The summed E-state index contributed by atoms with van der Waals surface area (Å²) in [7, 11) is 0. The Bertz CT molecular complexity index is 625. The number of thioether (sulfide) groups is 1. The normalized spacial score (nSPS) is 12.4. The highest BCUT2D eigenvalue weighted by molar-refractivity contribution is 7.99. The van der Waals surface area contributed by atoms with E-state index in [0.717, 1.165) is 5.56 Å². The quantitative estimate of drug-likeness (QED) is 0.823. The number of rotatable bonds is 6. The fourth-order valence-electron chi connectivity index (χ4n) is 1.66. The minimum absolute atomic E-state index is 0.0484. The minimum Gasteiger partial charge on any atom is -0.431 e. The van der Waals surface area contributed by atoms with Crippen LogP contribution in [0, 0.1) is 11.7 Å². The Balaban J connectivity index is 1.90. The van der Waals surface area contributed by atoms with Crippen molar-refractivity contribution in [2.24, 2.45) is 5.92 Å². The first-order chi connectivity index (χ1) is 10.5. The molecule has 1 heterocycles. The van der Waals surface area contributed by atoms with Gasteiger partial charge in [0.05, 0.1) is 11.9 Å². The topological polar surface area (TPSA) is 55.1 Å². The largest absolute Gasteiger partial charge is 0.431 e. The van der Waals surface area contributed by atoms with Crippen LogP contribution in [-0.4, -0.2) is 22.7 Å². The van der Waals surface area contributed by atoms with E-state index in [4.69, 9.17) is 4.42 Å². The Morgan fingerprint density at radius 1 is 1.32 bits per heavy atom. The molecule has 1 aromatic carbocycles. The lowest BCUT2D eigenvalue weighted by molar-refractivity contribution is -0.119. The molecule has 2 rings (SSSR count). The molecule has 0 fully saturated rings. The number of aromatic nitrogens is 1. The third-order valence-corrected chi connectivity index (χ3v) is 4.17. The second kappa shape index (κ2) is 7.45. The monoisotopic (exact) mass is 322 g/mol. The third kappa shape index (κ3) is 4.59. The van der Waals surface area contributed by atoms with E-state index < -0.39 is 0 Å². The maximum absolute atomic E-state index is 12.9. The van der Waals surface area contributed by atoms with E-state index in [0.29, 0.717) is 16.9 Å². The molecule has 0 radical (unpaired) electrons. The van der Waals surface area contributed by atoms with Crippen LogP contribution in [0.2, 0.25) is 0 Å². The Kier molecular flexibility index (Phi) is 5.60. The van der Waals surface area contributed by atoms with E-state index >= 15 is 0 Å². The van der Waals surface area contributed by atoms with Gasteiger partial charge in [-0.15, -0.1) is 0 Å². The number of halogens is 1. The number of hydrogen-bond acceptors (Lipinski definition) is 4. The molecule has 22 heavy (non-hydrogen) atoms. The molecule has 0 unspecified atom stereocenters. The molecule has 0 spiro atoms. The van der Waals surface area contributed by atoms with E-state index in [1.807, 2.05) is 6.92 Å². The maximum atomic E-state index is 12.9. The Hall–Kier alpha value is -1.82. The molecule has 0 aliphatic rings. The predicted octanol–water partition coefficient (Wildman–Crippen LogP) is 3.73. The number of nitrogens with zero attached hydrogens (tertiary/aromatic N) is 1. The van der Waals surface area contributed by atoms with Crippen LogP contribution in [0.25, 0.3) is 11.3 Å². The van der Waals surface area contributed by atoms with Crippen LogP contribution in [0.1, 0.15) is 20.8 Å². The average Bonchev–Trinajstić information content (AvgIpc) is 2.94. The number of oxazole rings is 1. The first kappa shape index (κ1) is 16.5. The van der Waals surface area contributed by atoms with Gasteiger partial charge in [0.2, 0.25) is 5.91 Å². The summed E-state index contributed by atoms with van der Waals surface area (Å²) in [6.07, 6.45) is 1.57. The van der Waals surface area contributed by atoms with Crippen molar-refractivity contribution in [1.29, 1.82) is 0 Å². The Morgan fingerprint density at radius 3 is 2.64 bits per heavy atom. The smallest absolute Gasteiger partial charge is 0.256 e. The highest BCUT2D eigenvalue weighted by Crippen LogP contribution is 2.25. The summed E-state index contributed by atoms with van der Waals surface area (Å²) >= 11 is 1.24. The molecular weight excluding hydrogens is 303 g/mol. The molecule has 0 aliphatic heterocycles. The summed E-state index contributed by atoms with van der Waals surface area (Å²) in [6.45, 7) is 6.09. The van der Waals surface area contributed by atoms with Crippen molar-refractivity contribution < 1.29 is 13.6 Å². The molecule has 118 valence electrons. The van der Waals surface area contributed by atoms with Crippen molar-refractivity contribution in [3.8, 4) is 11.3 Å². The predicted molar refractivity (Wildman–Crippen MR) is 85.1 cm³/mol. The molecule has 1 atom stereocenters. The Labute approximate surface area is 133 Å². The van der Waals surface area contributed by atoms with Gasteiger partial charge in [0.25, 0.3) is 5.22 Å². The number of benzene rings is 1. The maximum Gasteiger partial charge on any atom is 0.256 e. The van der Waals surface area contributed by atoms with Gasteiger partial charge in [-0.3, -0.25) is 4.79 Å². The molecule has 6 heteroatoms. The minimum atomic E-state index is -0.297. The summed E-state index contributed by atoms with van der Waals surface area (Å²) in [4.78, 5) is 15.9. The van der Waals surface area contributed by atoms with Gasteiger partial charge < -0.3 is 9.73 Å². The summed E-state index contributed by atoms with van der Waals surface area (Å²) in [6, 6.07) is 6.12. The first-order valence-electron chi connectivity index (χ1n) is 7.09. The molecule has 0 bridgehead atoms. The van der Waals surface area contributed by atoms with Gasteiger partial charge in [0.15, 0.2) is 5.76 Å². The first-order valence-corrected chi connectivity index (χ1v) is 8.08. The van der Waals surface area contributed by atoms with Crippen LogP contribution in [0.5, 0.6) is 0 Å². The number of amides is 1. The Morgan fingerprint density at radius 2 is 2.00 bits per heavy atom. The van der Waals surface area contributed by atoms with Gasteiger partial charge in [-0.25, -0.2) is 9.37 Å². The number of carbonyl (C=O) groups is 1. The fourth-order valence-corrected chi connectivity index (χ4v) is 2.28. The van der Waals surface area contributed by atoms with Gasteiger partial charge in [0, 0.05) is 11.6 Å². The van der Waals surface area contributed by atoms with Crippen molar-refractivity contribution >= 4 is 17.7 Å². The van der Waals surface area contributed by atoms with Crippen LogP contribution in [-0.2, 0) is 4.79 Å². The number of nitrogens with one attached hydrogen (secondary N) is 1. The second-order valence-corrected chi connectivity index (χ2v) is 6.31. The summed E-state index contributed by atoms with van der Waals surface area (Å²) < 4.78 is 18.4. The van der Waals surface area contributed by atoms with Gasteiger partial charge in [-0.05, 0) is 37.1 Å². The molecule has 0 saturated heterocycles. The van der Waals surface area contributed by atoms with Crippen molar-refractivity contribution in [3.63, 3.8) is 0 Å². The van der Waals surface area contributed by atoms with Crippen molar-refractivity contribution in [2.45, 2.75) is 32.0 Å². The third-order valence-electron chi connectivity index (χ3n) is 3.33. The van der Waals surface area contributed by atoms with Crippen LogP contribution < -0.4 is 5.32 Å². The van der Waals surface area contributed by atoms with E-state index in [9.17, 15) is 9.18 Å². The van der Waals surface area contributed by atoms with Crippen LogP contribution in [0.4, 0.5) is 4.39 Å². The zero-order valence-electron chi connectivity index (χ0n) is 12.8. The highest BCUT2D eigenvalue weighted by atomic mass is 32.2. The van der Waals surface area contributed by atoms with Gasteiger partial charge in [-0.1, -0.05) is 25.6 Å². The van der Waals surface area contributed by atoms with Gasteiger partial charge in [0.1, 0.15) is 5.82 Å².